The second-order valence-corrected chi connectivity index (χ2v) is 9.30. The van der Waals surface area contributed by atoms with E-state index in [9.17, 15) is 18.3 Å². The summed E-state index contributed by atoms with van der Waals surface area (Å²) in [4.78, 5) is 3.61. The number of nitrogens with zero attached hydrogens (tertiary/aromatic N) is 2. The Morgan fingerprint density at radius 1 is 1.26 bits per heavy atom. The molecular formula is C26H41F3N2O3. The zero-order valence-electron chi connectivity index (χ0n) is 21.2. The molecule has 1 spiro atoms. The van der Waals surface area contributed by atoms with Gasteiger partial charge in [0, 0.05) is 38.5 Å². The molecule has 2 aliphatic heterocycles. The zero-order chi connectivity index (χ0) is 25.5. The number of piperidine rings is 1. The molecular weight excluding hydrogens is 445 g/mol. The van der Waals surface area contributed by atoms with Gasteiger partial charge >= 0.3 is 6.18 Å². The number of benzene rings is 1. The quantitative estimate of drug-likeness (QED) is 0.570. The third kappa shape index (κ3) is 7.89. The Bertz CT molecular complexity index is 790. The first-order valence-electron chi connectivity index (χ1n) is 12.3. The minimum absolute atomic E-state index is 0.0978. The molecule has 34 heavy (non-hydrogen) atoms. The van der Waals surface area contributed by atoms with Gasteiger partial charge in [-0.15, -0.1) is 0 Å². The third-order valence-electron chi connectivity index (χ3n) is 6.17. The molecule has 2 heterocycles. The molecule has 0 aliphatic carbocycles. The molecule has 1 N–H and O–H groups in total. The molecule has 5 nitrogen and oxygen atoms in total. The van der Waals surface area contributed by atoms with Crippen molar-refractivity contribution in [2.45, 2.75) is 77.9 Å². The Kier molecular flexibility index (Phi) is 10.3. The minimum atomic E-state index is -4.25. The normalized spacial score (nSPS) is 20.8. The molecule has 0 amide bonds. The van der Waals surface area contributed by atoms with Crippen molar-refractivity contribution in [2.75, 3.05) is 39.3 Å². The second kappa shape index (κ2) is 12.3. The lowest BCUT2D eigenvalue weighted by Crippen LogP contribution is -2.60. The smallest absolute Gasteiger partial charge is 0.401 e. The van der Waals surface area contributed by atoms with Crippen LogP contribution in [-0.2, 0) is 4.74 Å². The average molecular weight is 487 g/mol. The van der Waals surface area contributed by atoms with Crippen LogP contribution in [0, 0.1) is 6.92 Å². The molecule has 194 valence electrons. The van der Waals surface area contributed by atoms with Crippen molar-refractivity contribution in [1.29, 1.82) is 0 Å². The fourth-order valence-electron chi connectivity index (χ4n) is 4.71. The standard InChI is InChI=1S/C24H35F3N2O3.C2H6/c1-17(2)31-22-6-5-20(13-18(22)3)19(4)29-10-8-23(9-11-29)15-28(16-24(25,26)27)14-21(32-23)7-12-30;1-2/h5-6,13,17,21,30H,4,7-12,14-16H2,1-3H3;1-2H3. The molecule has 0 aromatic heterocycles. The number of ether oxygens (including phenoxy) is 2. The summed E-state index contributed by atoms with van der Waals surface area (Å²) in [5.41, 5.74) is 2.33. The highest BCUT2D eigenvalue weighted by molar-refractivity contribution is 5.64. The number of hydrogen-bond donors (Lipinski definition) is 1. The van der Waals surface area contributed by atoms with Crippen molar-refractivity contribution in [3.05, 3.63) is 35.9 Å². The third-order valence-corrected chi connectivity index (χ3v) is 6.17. The van der Waals surface area contributed by atoms with Crippen molar-refractivity contribution in [2.24, 2.45) is 0 Å². The Balaban J connectivity index is 0.00000199. The van der Waals surface area contributed by atoms with Crippen LogP contribution in [0.5, 0.6) is 5.75 Å². The summed E-state index contributed by atoms with van der Waals surface area (Å²) in [5.74, 6) is 0.851. The van der Waals surface area contributed by atoms with Crippen LogP contribution in [0.3, 0.4) is 0 Å². The molecule has 0 bridgehead atoms. The highest BCUT2D eigenvalue weighted by Gasteiger charge is 2.45. The van der Waals surface area contributed by atoms with Crippen molar-refractivity contribution in [3.63, 3.8) is 0 Å². The lowest BCUT2D eigenvalue weighted by Gasteiger charge is -2.50. The molecule has 0 saturated carbocycles. The molecule has 0 radical (unpaired) electrons. The SMILES string of the molecule is C=C(c1ccc(OC(C)C)c(C)c1)N1CCC2(CC1)CN(CC(F)(F)F)CC(CCO)O2.CC. The summed E-state index contributed by atoms with van der Waals surface area (Å²) < 4.78 is 51.2. The number of alkyl halides is 3. The van der Waals surface area contributed by atoms with Crippen molar-refractivity contribution in [1.82, 2.24) is 9.80 Å². The predicted octanol–water partition coefficient (Wildman–Crippen LogP) is 5.26. The van der Waals surface area contributed by atoms with Crippen molar-refractivity contribution < 1.29 is 27.8 Å². The van der Waals surface area contributed by atoms with Crippen LogP contribution in [-0.4, -0.2) is 78.2 Å². The van der Waals surface area contributed by atoms with Gasteiger partial charge in [-0.2, -0.15) is 13.2 Å². The van der Waals surface area contributed by atoms with E-state index in [1.165, 1.54) is 4.90 Å². The number of aliphatic hydroxyl groups excluding tert-OH is 1. The summed E-state index contributed by atoms with van der Waals surface area (Å²) in [5, 5.41) is 9.31. The van der Waals surface area contributed by atoms with Gasteiger partial charge in [0.25, 0.3) is 0 Å². The van der Waals surface area contributed by atoms with E-state index in [4.69, 9.17) is 9.47 Å². The van der Waals surface area contributed by atoms with Crippen molar-refractivity contribution >= 4 is 5.70 Å². The highest BCUT2D eigenvalue weighted by atomic mass is 19.4. The summed E-state index contributed by atoms with van der Waals surface area (Å²) in [7, 11) is 0. The molecule has 1 aromatic rings. The Labute approximate surface area is 202 Å². The van der Waals surface area contributed by atoms with Gasteiger partial charge in [-0.1, -0.05) is 20.4 Å². The Morgan fingerprint density at radius 3 is 2.44 bits per heavy atom. The number of hydrogen-bond acceptors (Lipinski definition) is 5. The van der Waals surface area contributed by atoms with Crippen LogP contribution in [0.15, 0.2) is 24.8 Å². The minimum Gasteiger partial charge on any atom is -0.491 e. The topological polar surface area (TPSA) is 45.2 Å². The molecule has 3 rings (SSSR count). The maximum atomic E-state index is 13.0. The van der Waals surface area contributed by atoms with Gasteiger partial charge in [0.1, 0.15) is 5.75 Å². The van der Waals surface area contributed by atoms with E-state index >= 15 is 0 Å². The van der Waals surface area contributed by atoms with Crippen LogP contribution in [0.1, 0.15) is 58.1 Å². The first-order valence-corrected chi connectivity index (χ1v) is 12.3. The van der Waals surface area contributed by atoms with Gasteiger partial charge in [-0.3, -0.25) is 4.90 Å². The van der Waals surface area contributed by atoms with Gasteiger partial charge in [0.05, 0.1) is 24.4 Å². The fraction of sp³-hybridized carbons (Fsp3) is 0.692. The van der Waals surface area contributed by atoms with Crippen LogP contribution in [0.4, 0.5) is 13.2 Å². The van der Waals surface area contributed by atoms with Crippen molar-refractivity contribution in [3.8, 4) is 5.75 Å². The van der Waals surface area contributed by atoms with Gasteiger partial charge in [0.2, 0.25) is 0 Å². The van der Waals surface area contributed by atoms with Gasteiger partial charge < -0.3 is 19.5 Å². The summed E-state index contributed by atoms with van der Waals surface area (Å²) in [6.45, 7) is 15.0. The summed E-state index contributed by atoms with van der Waals surface area (Å²) >= 11 is 0. The molecule has 1 aromatic carbocycles. The van der Waals surface area contributed by atoms with E-state index in [1.807, 2.05) is 46.8 Å². The lowest BCUT2D eigenvalue weighted by molar-refractivity contribution is -0.205. The van der Waals surface area contributed by atoms with E-state index < -0.39 is 18.3 Å². The fourth-order valence-corrected chi connectivity index (χ4v) is 4.71. The first kappa shape index (κ1) is 28.5. The number of aryl methyl sites for hydroxylation is 1. The number of likely N-dealkylation sites (tertiary alicyclic amines) is 1. The summed E-state index contributed by atoms with van der Waals surface area (Å²) in [6, 6.07) is 6.01. The van der Waals surface area contributed by atoms with Crippen LogP contribution >= 0.6 is 0 Å². The molecule has 2 fully saturated rings. The monoisotopic (exact) mass is 486 g/mol. The van der Waals surface area contributed by atoms with E-state index in [2.05, 4.69) is 17.5 Å². The maximum Gasteiger partial charge on any atom is 0.401 e. The maximum absolute atomic E-state index is 13.0. The molecule has 1 unspecified atom stereocenters. The lowest BCUT2D eigenvalue weighted by atomic mass is 9.87. The van der Waals surface area contributed by atoms with Crippen LogP contribution in [0.2, 0.25) is 0 Å². The number of halogens is 3. The molecule has 2 aliphatic rings. The summed E-state index contributed by atoms with van der Waals surface area (Å²) in [6.07, 6.45) is -2.95. The number of rotatable bonds is 7. The Hall–Kier alpha value is -1.77. The van der Waals surface area contributed by atoms with E-state index in [0.29, 0.717) is 32.4 Å². The average Bonchev–Trinajstić information content (AvgIpc) is 2.75. The zero-order valence-corrected chi connectivity index (χ0v) is 21.2. The van der Waals surface area contributed by atoms with Gasteiger partial charge in [-0.25, -0.2) is 0 Å². The van der Waals surface area contributed by atoms with E-state index in [1.54, 1.807) is 0 Å². The largest absolute Gasteiger partial charge is 0.491 e. The van der Waals surface area contributed by atoms with Crippen LogP contribution < -0.4 is 4.74 Å². The Morgan fingerprint density at radius 2 is 1.91 bits per heavy atom. The predicted molar refractivity (Wildman–Crippen MR) is 130 cm³/mol. The highest BCUT2D eigenvalue weighted by Crippen LogP contribution is 2.36. The molecule has 8 heteroatoms. The van der Waals surface area contributed by atoms with Gasteiger partial charge in [0.15, 0.2) is 0 Å². The number of morpholine rings is 1. The van der Waals surface area contributed by atoms with E-state index in [0.717, 1.165) is 22.6 Å². The van der Waals surface area contributed by atoms with Gasteiger partial charge in [-0.05, 0) is 69.4 Å². The van der Waals surface area contributed by atoms with Crippen LogP contribution in [0.25, 0.3) is 5.70 Å². The van der Waals surface area contributed by atoms with E-state index in [-0.39, 0.29) is 31.9 Å². The molecule has 2 saturated heterocycles. The first-order chi connectivity index (χ1) is 16.0. The second-order valence-electron chi connectivity index (χ2n) is 9.30. The molecule has 1 atom stereocenters. The number of aliphatic hydroxyl groups is 1.